The van der Waals surface area contributed by atoms with E-state index in [1.807, 2.05) is 18.2 Å². The summed E-state index contributed by atoms with van der Waals surface area (Å²) in [5, 5.41) is 38.1. The van der Waals surface area contributed by atoms with Gasteiger partial charge in [-0.15, -0.1) is 0 Å². The smallest absolute Gasteiger partial charge is 0.214 e. The molecule has 2 saturated heterocycles. The molecule has 2 heterocycles. The van der Waals surface area contributed by atoms with Crippen molar-refractivity contribution in [1.82, 2.24) is 0 Å². The highest BCUT2D eigenvalue weighted by Crippen LogP contribution is 2.66. The summed E-state index contributed by atoms with van der Waals surface area (Å²) < 4.78 is 16.8. The van der Waals surface area contributed by atoms with Gasteiger partial charge < -0.3 is 14.2 Å². The van der Waals surface area contributed by atoms with Gasteiger partial charge in [0.15, 0.2) is 5.41 Å². The maximum Gasteiger partial charge on any atom is 0.214 e. The van der Waals surface area contributed by atoms with E-state index in [1.165, 1.54) is 7.11 Å². The number of nitriles is 3. The maximum atomic E-state index is 9.95. The summed E-state index contributed by atoms with van der Waals surface area (Å²) in [4.78, 5) is 0. The molecule has 7 nitrogen and oxygen atoms in total. The molecule has 2 bridgehead atoms. The van der Waals surface area contributed by atoms with Crippen LogP contribution in [0.2, 0.25) is 0 Å². The highest BCUT2D eigenvalue weighted by atomic mass is 16.7. The number of benzene rings is 1. The van der Waals surface area contributed by atoms with E-state index in [0.29, 0.717) is 11.3 Å². The topological polar surface area (TPSA) is 123 Å². The van der Waals surface area contributed by atoms with Gasteiger partial charge in [0.1, 0.15) is 11.9 Å². The van der Waals surface area contributed by atoms with Crippen molar-refractivity contribution in [1.29, 1.82) is 21.2 Å². The molecule has 4 atom stereocenters. The first-order valence-corrected chi connectivity index (χ1v) is 7.68. The van der Waals surface area contributed by atoms with Crippen LogP contribution in [-0.4, -0.2) is 18.8 Å². The molecule has 0 amide bonds. The van der Waals surface area contributed by atoms with Gasteiger partial charge in [0, 0.05) is 6.92 Å². The molecule has 0 unspecified atom stereocenters. The Bertz CT molecular complexity index is 864. The molecule has 0 spiro atoms. The Morgan fingerprint density at radius 1 is 1.20 bits per heavy atom. The number of nitrogens with zero attached hydrogens (tertiary/aromatic N) is 3. The third-order valence-corrected chi connectivity index (χ3v) is 5.39. The van der Waals surface area contributed by atoms with Gasteiger partial charge in [-0.25, -0.2) is 0 Å². The third kappa shape index (κ3) is 1.78. The zero-order valence-corrected chi connectivity index (χ0v) is 14.0. The van der Waals surface area contributed by atoms with E-state index in [2.05, 4.69) is 0 Å². The van der Waals surface area contributed by atoms with E-state index in [4.69, 9.17) is 19.6 Å². The third-order valence-electron chi connectivity index (χ3n) is 5.39. The molecule has 7 heteroatoms. The van der Waals surface area contributed by atoms with Crippen molar-refractivity contribution in [2.75, 3.05) is 7.11 Å². The molecule has 1 N–H and O–H groups in total. The second-order valence-corrected chi connectivity index (χ2v) is 6.39. The van der Waals surface area contributed by atoms with Crippen LogP contribution in [0.4, 0.5) is 0 Å². The Morgan fingerprint density at radius 3 is 2.44 bits per heavy atom. The molecular formula is C18H16N4O3. The lowest BCUT2D eigenvalue weighted by Crippen LogP contribution is -2.57. The molecule has 2 fully saturated rings. The van der Waals surface area contributed by atoms with Gasteiger partial charge in [0.25, 0.3) is 0 Å². The van der Waals surface area contributed by atoms with Gasteiger partial charge in [0.05, 0.1) is 31.2 Å². The normalized spacial score (nSPS) is 35.0. The average molecular weight is 336 g/mol. The summed E-state index contributed by atoms with van der Waals surface area (Å²) >= 11 is 0. The SMILES string of the molecule is COc1cccc([C@H]2O[C@]3(C)OC(=N)[C@](C#N)([C@@H]3C)C2(C#N)C#N)c1. The minimum absolute atomic E-state index is 0.404. The van der Waals surface area contributed by atoms with Crippen LogP contribution >= 0.6 is 0 Å². The van der Waals surface area contributed by atoms with E-state index in [1.54, 1.807) is 38.1 Å². The van der Waals surface area contributed by atoms with Gasteiger partial charge in [-0.1, -0.05) is 19.1 Å². The van der Waals surface area contributed by atoms with Gasteiger partial charge in [-0.2, -0.15) is 15.8 Å². The first kappa shape index (κ1) is 16.8. The summed E-state index contributed by atoms with van der Waals surface area (Å²) in [7, 11) is 1.51. The predicted octanol–water partition coefficient (Wildman–Crippen LogP) is 2.67. The fourth-order valence-electron chi connectivity index (χ4n) is 3.81. The Hall–Kier alpha value is -3.08. The number of nitrogens with one attached hydrogen (secondary N) is 1. The lowest BCUT2D eigenvalue weighted by molar-refractivity contribution is -0.268. The molecule has 0 radical (unpaired) electrons. The van der Waals surface area contributed by atoms with Crippen molar-refractivity contribution < 1.29 is 14.2 Å². The van der Waals surface area contributed by atoms with Crippen LogP contribution in [0.1, 0.15) is 25.5 Å². The van der Waals surface area contributed by atoms with E-state index in [9.17, 15) is 15.8 Å². The first-order valence-electron chi connectivity index (χ1n) is 7.68. The Morgan fingerprint density at radius 2 is 1.88 bits per heavy atom. The van der Waals surface area contributed by atoms with Crippen molar-refractivity contribution in [3.8, 4) is 24.0 Å². The summed E-state index contributed by atoms with van der Waals surface area (Å²) in [5.41, 5.74) is -3.14. The van der Waals surface area contributed by atoms with Crippen molar-refractivity contribution >= 4 is 5.90 Å². The van der Waals surface area contributed by atoms with Crippen LogP contribution < -0.4 is 4.74 Å². The molecular weight excluding hydrogens is 320 g/mol. The molecule has 25 heavy (non-hydrogen) atoms. The zero-order chi connectivity index (χ0) is 18.5. The summed E-state index contributed by atoms with van der Waals surface area (Å²) in [6.45, 7) is 3.28. The Kier molecular flexibility index (Phi) is 3.49. The van der Waals surface area contributed by atoms with E-state index >= 15 is 0 Å². The molecule has 0 saturated carbocycles. The molecule has 126 valence electrons. The van der Waals surface area contributed by atoms with Crippen molar-refractivity contribution in [2.24, 2.45) is 16.7 Å². The van der Waals surface area contributed by atoms with Gasteiger partial charge in [0.2, 0.25) is 17.1 Å². The lowest BCUT2D eigenvalue weighted by atomic mass is 9.54. The Labute approximate surface area is 145 Å². The van der Waals surface area contributed by atoms with E-state index in [-0.39, 0.29) is 0 Å². The maximum absolute atomic E-state index is 9.95. The monoisotopic (exact) mass is 336 g/mol. The standard InChI is InChI=1S/C18H16N4O3/c1-11-16(2)24-14(12-5-4-6-13(7-12)23-3)17(8-19,9-20)18(11,10-21)15(22)25-16/h4-7,11,14,22H,1-3H3/t11-,14-,16-,18+/m1/s1. The number of fused-ring (bicyclic) bond motifs is 2. The van der Waals surface area contributed by atoms with Crippen LogP contribution in [0.15, 0.2) is 24.3 Å². The van der Waals surface area contributed by atoms with Crippen molar-refractivity contribution in [3.63, 3.8) is 0 Å². The largest absolute Gasteiger partial charge is 0.497 e. The zero-order valence-electron chi connectivity index (χ0n) is 14.0. The number of rotatable bonds is 2. The highest BCUT2D eigenvalue weighted by Gasteiger charge is 2.78. The van der Waals surface area contributed by atoms with Crippen LogP contribution in [0.25, 0.3) is 0 Å². The number of ether oxygens (including phenoxy) is 3. The summed E-state index contributed by atoms with van der Waals surface area (Å²) in [6.07, 6.45) is -1.07. The highest BCUT2D eigenvalue weighted by molar-refractivity contribution is 5.89. The summed E-state index contributed by atoms with van der Waals surface area (Å²) in [6, 6.07) is 12.8. The minimum atomic E-state index is -1.93. The molecule has 1 aromatic carbocycles. The Balaban J connectivity index is 2.31. The number of hydrogen-bond acceptors (Lipinski definition) is 7. The lowest BCUT2D eigenvalue weighted by Gasteiger charge is -2.47. The molecule has 0 aliphatic carbocycles. The van der Waals surface area contributed by atoms with Gasteiger partial charge >= 0.3 is 0 Å². The molecule has 0 aromatic heterocycles. The van der Waals surface area contributed by atoms with E-state index < -0.39 is 34.5 Å². The molecule has 2 aliphatic rings. The minimum Gasteiger partial charge on any atom is -0.497 e. The van der Waals surface area contributed by atoms with E-state index in [0.717, 1.165) is 0 Å². The fourth-order valence-corrected chi connectivity index (χ4v) is 3.81. The molecule has 1 aromatic rings. The average Bonchev–Trinajstić information content (AvgIpc) is 2.77. The predicted molar refractivity (Wildman–Crippen MR) is 84.9 cm³/mol. The quantitative estimate of drug-likeness (QED) is 0.885. The van der Waals surface area contributed by atoms with Crippen LogP contribution in [-0.2, 0) is 9.47 Å². The van der Waals surface area contributed by atoms with Crippen molar-refractivity contribution in [3.05, 3.63) is 29.8 Å². The van der Waals surface area contributed by atoms with Crippen LogP contribution in [0.3, 0.4) is 0 Å². The molecule has 3 rings (SSSR count). The second-order valence-electron chi connectivity index (χ2n) is 6.39. The second kappa shape index (κ2) is 5.21. The van der Waals surface area contributed by atoms with Gasteiger partial charge in [-0.3, -0.25) is 5.41 Å². The van der Waals surface area contributed by atoms with Crippen molar-refractivity contribution in [2.45, 2.75) is 25.7 Å². The summed E-state index contributed by atoms with van der Waals surface area (Å²) in [5.74, 6) is -1.82. The molecule has 2 aliphatic heterocycles. The van der Waals surface area contributed by atoms with Crippen LogP contribution in [0.5, 0.6) is 5.75 Å². The first-order chi connectivity index (χ1) is 11.8. The fraction of sp³-hybridized carbons (Fsp3) is 0.444. The van der Waals surface area contributed by atoms with Crippen LogP contribution in [0, 0.1) is 56.2 Å². The number of hydrogen-bond donors (Lipinski definition) is 1. The number of methoxy groups -OCH3 is 1. The van der Waals surface area contributed by atoms with Gasteiger partial charge in [-0.05, 0) is 17.7 Å².